The van der Waals surface area contributed by atoms with E-state index in [1.165, 1.54) is 6.26 Å². The Hall–Kier alpha value is -4.76. The van der Waals surface area contributed by atoms with Crippen LogP contribution in [0.25, 0.3) is 5.70 Å². The Labute approximate surface area is 241 Å². The van der Waals surface area contributed by atoms with Gasteiger partial charge < -0.3 is 25.7 Å². The molecular formula is C32H37N7O2. The van der Waals surface area contributed by atoms with Gasteiger partial charge in [0.25, 0.3) is 5.91 Å². The van der Waals surface area contributed by atoms with Crippen molar-refractivity contribution in [2.75, 3.05) is 25.5 Å². The average molecular weight is 552 g/mol. The van der Waals surface area contributed by atoms with E-state index in [4.69, 9.17) is 4.42 Å². The van der Waals surface area contributed by atoms with Gasteiger partial charge in [-0.1, -0.05) is 44.0 Å². The largest absolute Gasteiger partial charge is 0.447 e. The standard InChI is InChI=1S/C32H37N7O2/c1-5-8-24(6-2)21-28(30-36-19-20-41-30)38-29(40)26-9-7-10-27(22-26)39-32(13-17-35-18-14-32)31(33-4)37-23(3)25-11-15-34-16-12-25/h5-12,15-16,19-20,22,28,35,39H,1-3,13-14,17-18,21H2,4H3,(H,33,37)(H,38,40)/b24-8+. The average Bonchev–Trinajstić information content (AvgIpc) is 3.55. The van der Waals surface area contributed by atoms with Gasteiger partial charge in [0.15, 0.2) is 0 Å². The molecule has 1 fully saturated rings. The molecule has 1 amide bonds. The molecule has 9 heteroatoms. The van der Waals surface area contributed by atoms with Crippen molar-refractivity contribution in [3.05, 3.63) is 122 Å². The predicted octanol–water partition coefficient (Wildman–Crippen LogP) is 5.05. The van der Waals surface area contributed by atoms with Crippen LogP contribution < -0.4 is 21.3 Å². The predicted molar refractivity (Wildman–Crippen MR) is 164 cm³/mol. The number of pyridine rings is 1. The lowest BCUT2D eigenvalue weighted by Gasteiger charge is -2.40. The number of nitrogens with one attached hydrogen (secondary N) is 4. The number of oxazole rings is 1. The Morgan fingerprint density at radius 1 is 1.17 bits per heavy atom. The van der Waals surface area contributed by atoms with Crippen LogP contribution in [-0.2, 0) is 0 Å². The van der Waals surface area contributed by atoms with Gasteiger partial charge >= 0.3 is 0 Å². The fourth-order valence-corrected chi connectivity index (χ4v) is 4.90. The fraction of sp³-hybridized carbons (Fsp3) is 0.250. The molecule has 1 aliphatic heterocycles. The fourth-order valence-electron chi connectivity index (χ4n) is 4.90. The van der Waals surface area contributed by atoms with Crippen LogP contribution in [0.1, 0.15) is 47.1 Å². The molecule has 0 saturated carbocycles. The summed E-state index contributed by atoms with van der Waals surface area (Å²) in [7, 11) is 1.78. The van der Waals surface area contributed by atoms with E-state index in [0.717, 1.165) is 54.3 Å². The highest BCUT2D eigenvalue weighted by Crippen LogP contribution is 2.28. The second-order valence-electron chi connectivity index (χ2n) is 9.73. The third kappa shape index (κ3) is 7.46. The quantitative estimate of drug-likeness (QED) is 0.141. The van der Waals surface area contributed by atoms with Crippen molar-refractivity contribution in [3.63, 3.8) is 0 Å². The van der Waals surface area contributed by atoms with Gasteiger partial charge in [0, 0.05) is 48.4 Å². The second kappa shape index (κ2) is 14.0. The first-order valence-corrected chi connectivity index (χ1v) is 13.5. The summed E-state index contributed by atoms with van der Waals surface area (Å²) >= 11 is 0. The number of benzene rings is 1. The number of aromatic nitrogens is 2. The lowest BCUT2D eigenvalue weighted by molar-refractivity contribution is 0.0930. The Kier molecular flexibility index (Phi) is 10.0. The van der Waals surface area contributed by atoms with E-state index in [9.17, 15) is 4.79 Å². The second-order valence-corrected chi connectivity index (χ2v) is 9.73. The van der Waals surface area contributed by atoms with E-state index >= 15 is 0 Å². The van der Waals surface area contributed by atoms with Crippen LogP contribution in [0, 0.1) is 0 Å². The van der Waals surface area contributed by atoms with Crippen LogP contribution in [0.3, 0.4) is 0 Å². The molecule has 4 rings (SSSR count). The first-order chi connectivity index (χ1) is 20.0. The van der Waals surface area contributed by atoms with Gasteiger partial charge in [-0.15, -0.1) is 0 Å². The van der Waals surface area contributed by atoms with E-state index in [1.807, 2.05) is 36.4 Å². The van der Waals surface area contributed by atoms with E-state index in [-0.39, 0.29) is 5.91 Å². The molecule has 1 aliphatic rings. The van der Waals surface area contributed by atoms with Crippen molar-refractivity contribution in [2.24, 2.45) is 4.99 Å². The molecule has 1 saturated heterocycles. The Morgan fingerprint density at radius 3 is 2.61 bits per heavy atom. The van der Waals surface area contributed by atoms with Gasteiger partial charge in [-0.2, -0.15) is 0 Å². The van der Waals surface area contributed by atoms with Gasteiger partial charge in [-0.3, -0.25) is 14.8 Å². The number of carbonyl (C=O) groups is 1. The molecular weight excluding hydrogens is 514 g/mol. The molecule has 9 nitrogen and oxygen atoms in total. The normalized spacial score (nSPS) is 15.8. The summed E-state index contributed by atoms with van der Waals surface area (Å²) in [5.74, 6) is 0.958. The maximum absolute atomic E-state index is 13.5. The molecule has 1 atom stereocenters. The van der Waals surface area contributed by atoms with Gasteiger partial charge in [0.1, 0.15) is 18.1 Å². The first kappa shape index (κ1) is 29.2. The van der Waals surface area contributed by atoms with Crippen LogP contribution in [0.4, 0.5) is 5.69 Å². The maximum atomic E-state index is 13.5. The molecule has 3 heterocycles. The molecule has 4 N–H and O–H groups in total. The van der Waals surface area contributed by atoms with E-state index < -0.39 is 11.6 Å². The Bertz CT molecular complexity index is 1400. The van der Waals surface area contributed by atoms with Crippen molar-refractivity contribution in [1.82, 2.24) is 25.9 Å². The van der Waals surface area contributed by atoms with E-state index in [0.29, 0.717) is 17.9 Å². The molecule has 3 aromatic rings. The van der Waals surface area contributed by atoms with Crippen molar-refractivity contribution in [2.45, 2.75) is 30.8 Å². The summed E-state index contributed by atoms with van der Waals surface area (Å²) in [6.45, 7) is 13.5. The van der Waals surface area contributed by atoms with Gasteiger partial charge in [0.05, 0.1) is 11.7 Å². The summed E-state index contributed by atoms with van der Waals surface area (Å²) in [6.07, 6.45) is 13.8. The van der Waals surface area contributed by atoms with Gasteiger partial charge in [0.2, 0.25) is 5.89 Å². The smallest absolute Gasteiger partial charge is 0.252 e. The molecule has 2 aromatic heterocycles. The zero-order valence-electron chi connectivity index (χ0n) is 23.4. The van der Waals surface area contributed by atoms with Crippen LogP contribution in [-0.4, -0.2) is 47.4 Å². The molecule has 0 bridgehead atoms. The molecule has 212 valence electrons. The number of anilines is 1. The van der Waals surface area contributed by atoms with E-state index in [1.54, 1.807) is 43.9 Å². The lowest BCUT2D eigenvalue weighted by Crippen LogP contribution is -2.57. The minimum absolute atomic E-state index is 0.244. The minimum atomic E-state index is -0.486. The summed E-state index contributed by atoms with van der Waals surface area (Å²) in [4.78, 5) is 26.5. The van der Waals surface area contributed by atoms with Crippen LogP contribution >= 0.6 is 0 Å². The number of aliphatic imine (C=N–C) groups is 1. The zero-order chi connectivity index (χ0) is 29.1. The highest BCUT2D eigenvalue weighted by Gasteiger charge is 2.38. The third-order valence-corrected chi connectivity index (χ3v) is 7.03. The summed E-state index contributed by atoms with van der Waals surface area (Å²) < 4.78 is 5.53. The number of hydrogen-bond acceptors (Lipinski definition) is 7. The number of amides is 1. The molecule has 1 unspecified atom stereocenters. The number of hydrogen-bond donors (Lipinski definition) is 4. The summed E-state index contributed by atoms with van der Waals surface area (Å²) in [5, 5.41) is 13.7. The Balaban J connectivity index is 1.55. The molecule has 0 aliphatic carbocycles. The minimum Gasteiger partial charge on any atom is -0.447 e. The highest BCUT2D eigenvalue weighted by atomic mass is 16.3. The van der Waals surface area contributed by atoms with Crippen molar-refractivity contribution < 1.29 is 9.21 Å². The monoisotopic (exact) mass is 551 g/mol. The van der Waals surface area contributed by atoms with Crippen LogP contribution in [0.15, 0.2) is 114 Å². The molecule has 0 spiro atoms. The van der Waals surface area contributed by atoms with Crippen LogP contribution in [0.5, 0.6) is 0 Å². The van der Waals surface area contributed by atoms with Crippen molar-refractivity contribution in [3.8, 4) is 0 Å². The number of allylic oxidation sites excluding steroid dienone is 3. The third-order valence-electron chi connectivity index (χ3n) is 7.03. The SMILES string of the molecule is C=C/C=C(\C=C)CC(NC(=O)c1cccc(NC2(C(=NC)NC(=C)c3ccncc3)CCNCC2)c1)c1ncco1. The number of amidine groups is 1. The summed E-state index contributed by atoms with van der Waals surface area (Å²) in [6, 6.07) is 10.8. The van der Waals surface area contributed by atoms with Crippen molar-refractivity contribution >= 4 is 23.1 Å². The molecule has 0 radical (unpaired) electrons. The number of piperidine rings is 1. The van der Waals surface area contributed by atoms with Gasteiger partial charge in [-0.25, -0.2) is 4.98 Å². The van der Waals surface area contributed by atoms with Crippen molar-refractivity contribution in [1.29, 1.82) is 0 Å². The number of carbonyl (C=O) groups excluding carboxylic acids is 1. The first-order valence-electron chi connectivity index (χ1n) is 13.5. The number of rotatable bonds is 12. The zero-order valence-corrected chi connectivity index (χ0v) is 23.4. The Morgan fingerprint density at radius 2 is 1.95 bits per heavy atom. The lowest BCUT2D eigenvalue weighted by atomic mass is 9.86. The van der Waals surface area contributed by atoms with Crippen LogP contribution in [0.2, 0.25) is 0 Å². The number of nitrogens with zero attached hydrogens (tertiary/aromatic N) is 3. The molecule has 1 aromatic carbocycles. The topological polar surface area (TPSA) is 116 Å². The summed E-state index contributed by atoms with van der Waals surface area (Å²) in [5.41, 5.74) is 3.41. The highest BCUT2D eigenvalue weighted by molar-refractivity contribution is 6.00. The van der Waals surface area contributed by atoms with E-state index in [2.05, 4.69) is 56.0 Å². The van der Waals surface area contributed by atoms with Gasteiger partial charge in [-0.05, 0) is 61.8 Å². The maximum Gasteiger partial charge on any atom is 0.252 e. The molecule has 41 heavy (non-hydrogen) atoms.